The Morgan fingerprint density at radius 1 is 0.826 bits per heavy atom. The Kier molecular flexibility index (Phi) is 3.71. The van der Waals surface area contributed by atoms with E-state index in [1.54, 1.807) is 17.2 Å². The van der Waals surface area contributed by atoms with Gasteiger partial charge in [-0.25, -0.2) is 29.9 Å². The van der Waals surface area contributed by atoms with Gasteiger partial charge < -0.3 is 20.6 Å². The zero-order valence-electron chi connectivity index (χ0n) is 12.7. The summed E-state index contributed by atoms with van der Waals surface area (Å²) in [4.78, 5) is 24.0. The van der Waals surface area contributed by atoms with Gasteiger partial charge >= 0.3 is 0 Å². The van der Waals surface area contributed by atoms with Gasteiger partial charge in [0.05, 0.1) is 12.7 Å². The molecule has 4 rings (SSSR count). The molecule has 0 spiro atoms. The first kappa shape index (κ1) is 14.6. The lowest BCUT2D eigenvalue weighted by atomic mass is 10.4. The summed E-state index contributed by atoms with van der Waals surface area (Å²) in [5.41, 5.74) is 12.5. The lowest BCUT2D eigenvalue weighted by Crippen LogP contribution is -2.06. The summed E-state index contributed by atoms with van der Waals surface area (Å²) in [5, 5.41) is 0. The molecule has 10 nitrogen and oxygen atoms in total. The van der Waals surface area contributed by atoms with Crippen molar-refractivity contribution < 1.29 is 0 Å². The van der Waals surface area contributed by atoms with Crippen LogP contribution in [0.1, 0.15) is 6.92 Å². The van der Waals surface area contributed by atoms with Crippen molar-refractivity contribution in [3.05, 3.63) is 25.3 Å². The minimum atomic E-state index is 0.426. The Morgan fingerprint density at radius 3 is 2.00 bits per heavy atom. The van der Waals surface area contributed by atoms with Crippen LogP contribution < -0.4 is 11.5 Å². The van der Waals surface area contributed by atoms with E-state index in [0.717, 1.165) is 18.2 Å². The average Bonchev–Trinajstić information content (AvgIpc) is 3.22. The highest BCUT2D eigenvalue weighted by Crippen LogP contribution is 2.21. The second-order valence-corrected chi connectivity index (χ2v) is 4.75. The van der Waals surface area contributed by atoms with Crippen LogP contribution in [0.25, 0.3) is 23.0 Å². The van der Waals surface area contributed by atoms with Crippen LogP contribution in [0.5, 0.6) is 0 Å². The number of rotatable bonds is 1. The first-order valence-corrected chi connectivity index (χ1v) is 6.90. The van der Waals surface area contributed by atoms with Gasteiger partial charge in [-0.2, -0.15) is 0 Å². The highest BCUT2D eigenvalue weighted by Gasteiger charge is 2.13. The minimum Gasteiger partial charge on any atom is -0.382 e. The molecule has 0 atom stereocenters. The van der Waals surface area contributed by atoms with Gasteiger partial charge in [0.15, 0.2) is 23.3 Å². The Morgan fingerprint density at radius 2 is 1.39 bits per heavy atom. The van der Waals surface area contributed by atoms with Crippen LogP contribution >= 0.6 is 0 Å². The summed E-state index contributed by atoms with van der Waals surface area (Å²) in [5.74, 6) is 2.42. The molecule has 0 saturated heterocycles. The summed E-state index contributed by atoms with van der Waals surface area (Å²) < 4.78 is 3.68. The van der Waals surface area contributed by atoms with Gasteiger partial charge in [0, 0.05) is 13.6 Å². The molecular weight excluding hydrogens is 296 g/mol. The third-order valence-electron chi connectivity index (χ3n) is 3.30. The summed E-state index contributed by atoms with van der Waals surface area (Å²) in [7, 11) is 1.85. The Hall–Kier alpha value is -3.30. The van der Waals surface area contributed by atoms with E-state index in [2.05, 4.69) is 29.9 Å². The number of anilines is 2. The molecule has 4 aliphatic heterocycles. The topological polar surface area (TPSA) is 139 Å². The van der Waals surface area contributed by atoms with Crippen molar-refractivity contribution in [1.82, 2.24) is 39.0 Å². The van der Waals surface area contributed by atoms with Gasteiger partial charge in [0.2, 0.25) is 0 Å². The zero-order valence-corrected chi connectivity index (χ0v) is 12.7. The maximum absolute atomic E-state index is 5.60. The third kappa shape index (κ3) is 2.61. The van der Waals surface area contributed by atoms with Crippen LogP contribution in [0, 0.1) is 0 Å². The van der Waals surface area contributed by atoms with E-state index in [1.165, 1.54) is 12.7 Å². The van der Waals surface area contributed by atoms with Crippen LogP contribution in [0.4, 0.5) is 11.6 Å². The van der Waals surface area contributed by atoms with Gasteiger partial charge in [-0.1, -0.05) is 0 Å². The fraction of sp³-hybridized carbons (Fsp3) is 0.231. The second-order valence-electron chi connectivity index (χ2n) is 4.75. The Balaban J connectivity index is 0.000000136. The first-order chi connectivity index (χ1) is 11.1. The van der Waals surface area contributed by atoms with Crippen LogP contribution in [-0.2, 0) is 13.6 Å². The lowest BCUT2D eigenvalue weighted by Gasteiger charge is -2.07. The number of aromatic nitrogens is 8. The normalized spacial score (nSPS) is 10.7. The SMILES string of the molecule is CCn1cnc(N)c2ncnc1-2.Cn1cnc(N)c2ncnc1-2. The van der Waals surface area contributed by atoms with Crippen molar-refractivity contribution in [2.45, 2.75) is 13.5 Å². The molecule has 118 valence electrons. The van der Waals surface area contributed by atoms with E-state index >= 15 is 0 Å². The van der Waals surface area contributed by atoms with Gasteiger partial charge in [-0.3, -0.25) is 0 Å². The van der Waals surface area contributed by atoms with Crippen LogP contribution in [0.3, 0.4) is 0 Å². The molecule has 23 heavy (non-hydrogen) atoms. The van der Waals surface area contributed by atoms with Crippen LogP contribution in [-0.4, -0.2) is 39.0 Å². The molecule has 0 aromatic heterocycles. The fourth-order valence-electron chi connectivity index (χ4n) is 2.09. The number of nitrogen functional groups attached to an aromatic ring is 2. The van der Waals surface area contributed by atoms with Crippen molar-refractivity contribution >= 4 is 11.6 Å². The van der Waals surface area contributed by atoms with Crippen molar-refractivity contribution in [1.29, 1.82) is 0 Å². The summed E-state index contributed by atoms with van der Waals surface area (Å²) in [6.45, 7) is 2.84. The maximum atomic E-state index is 5.60. The highest BCUT2D eigenvalue weighted by molar-refractivity contribution is 5.64. The molecule has 0 fully saturated rings. The Bertz CT molecular complexity index is 830. The quantitative estimate of drug-likeness (QED) is 0.510. The molecule has 0 aliphatic carbocycles. The molecule has 0 aromatic rings. The largest absolute Gasteiger partial charge is 0.382 e. The fourth-order valence-corrected chi connectivity index (χ4v) is 2.09. The molecule has 0 saturated carbocycles. The molecule has 0 amide bonds. The van der Waals surface area contributed by atoms with E-state index in [9.17, 15) is 0 Å². The zero-order chi connectivity index (χ0) is 16.4. The molecule has 0 bridgehead atoms. The standard InChI is InChI=1S/C7H9N5.C6H7N5/c1-2-12-4-11-6(8)5-7(12)10-3-9-5;1-11-3-10-5(7)4-6(11)9-2-8-4/h3-4H,2,8H2,1H3;2-3H,7H2,1H3. The van der Waals surface area contributed by atoms with E-state index in [1.807, 2.05) is 18.5 Å². The van der Waals surface area contributed by atoms with Crippen molar-refractivity contribution in [3.63, 3.8) is 0 Å². The van der Waals surface area contributed by atoms with Gasteiger partial charge in [0.25, 0.3) is 0 Å². The van der Waals surface area contributed by atoms with E-state index < -0.39 is 0 Å². The van der Waals surface area contributed by atoms with Crippen LogP contribution in [0.15, 0.2) is 25.3 Å². The molecular formula is C13H16N10. The van der Waals surface area contributed by atoms with E-state index in [0.29, 0.717) is 23.0 Å². The molecule has 0 radical (unpaired) electrons. The number of nitrogens with two attached hydrogens (primary N) is 2. The lowest BCUT2D eigenvalue weighted by molar-refractivity contribution is 0.732. The summed E-state index contributed by atoms with van der Waals surface area (Å²) in [6.07, 6.45) is 6.26. The highest BCUT2D eigenvalue weighted by atomic mass is 15.1. The van der Waals surface area contributed by atoms with Gasteiger partial charge in [0.1, 0.15) is 24.0 Å². The van der Waals surface area contributed by atoms with Gasteiger partial charge in [-0.15, -0.1) is 0 Å². The minimum absolute atomic E-state index is 0.426. The number of fused-ring (bicyclic) bond motifs is 2. The summed E-state index contributed by atoms with van der Waals surface area (Å²) >= 11 is 0. The summed E-state index contributed by atoms with van der Waals surface area (Å²) in [6, 6.07) is 0. The predicted octanol–water partition coefficient (Wildman–Crippen LogP) is 0.277. The molecule has 4 heterocycles. The molecule has 4 aliphatic rings. The monoisotopic (exact) mass is 312 g/mol. The number of hydrogen-bond donors (Lipinski definition) is 2. The predicted molar refractivity (Wildman–Crippen MR) is 84.4 cm³/mol. The smallest absolute Gasteiger partial charge is 0.165 e. The van der Waals surface area contributed by atoms with Crippen molar-refractivity contribution in [3.8, 4) is 23.0 Å². The maximum Gasteiger partial charge on any atom is 0.165 e. The third-order valence-corrected chi connectivity index (χ3v) is 3.30. The molecule has 0 unspecified atom stereocenters. The van der Waals surface area contributed by atoms with Crippen LogP contribution in [0.2, 0.25) is 0 Å². The number of aryl methyl sites for hydroxylation is 2. The first-order valence-electron chi connectivity index (χ1n) is 6.90. The molecule has 0 aromatic carbocycles. The number of nitrogens with zero attached hydrogens (tertiary/aromatic N) is 8. The molecule has 10 heteroatoms. The second kappa shape index (κ2) is 5.83. The molecule has 4 N–H and O–H groups in total. The Labute approximate surface area is 131 Å². The number of imidazole rings is 2. The average molecular weight is 312 g/mol. The van der Waals surface area contributed by atoms with Gasteiger partial charge in [-0.05, 0) is 6.92 Å². The van der Waals surface area contributed by atoms with Crippen molar-refractivity contribution in [2.75, 3.05) is 11.5 Å². The van der Waals surface area contributed by atoms with Crippen molar-refractivity contribution in [2.24, 2.45) is 7.05 Å². The van der Waals surface area contributed by atoms with E-state index in [-0.39, 0.29) is 0 Å². The number of hydrogen-bond acceptors (Lipinski definition) is 8. The van der Waals surface area contributed by atoms with E-state index in [4.69, 9.17) is 11.5 Å².